The summed E-state index contributed by atoms with van der Waals surface area (Å²) in [6.07, 6.45) is 3.46. The zero-order valence-electron chi connectivity index (χ0n) is 11.0. The van der Waals surface area contributed by atoms with Crippen LogP contribution in [0.3, 0.4) is 0 Å². The molecule has 0 saturated carbocycles. The Kier molecular flexibility index (Phi) is 4.57. The summed E-state index contributed by atoms with van der Waals surface area (Å²) in [5.74, 6) is 0.0445. The van der Waals surface area contributed by atoms with Crippen LogP contribution in [0.4, 0.5) is 11.5 Å². The van der Waals surface area contributed by atoms with Crippen LogP contribution >= 0.6 is 0 Å². The normalized spacial score (nSPS) is 18.3. The number of anilines is 2. The fourth-order valence-electron chi connectivity index (χ4n) is 2.05. The second-order valence-electron chi connectivity index (χ2n) is 4.48. The SMILES string of the molecule is COC(=O)c1ccc(N)c(NCCC2CCCO2)n1. The number of pyridine rings is 1. The first-order valence-electron chi connectivity index (χ1n) is 6.41. The molecule has 1 fully saturated rings. The van der Waals surface area contributed by atoms with Gasteiger partial charge in [-0.15, -0.1) is 0 Å². The van der Waals surface area contributed by atoms with Crippen LogP contribution in [-0.2, 0) is 9.47 Å². The number of nitrogen functional groups attached to an aromatic ring is 1. The molecule has 0 amide bonds. The smallest absolute Gasteiger partial charge is 0.356 e. The van der Waals surface area contributed by atoms with Gasteiger partial charge < -0.3 is 20.5 Å². The number of nitrogens with zero attached hydrogens (tertiary/aromatic N) is 1. The third kappa shape index (κ3) is 3.57. The molecule has 0 spiro atoms. The number of ether oxygens (including phenoxy) is 2. The molecule has 19 heavy (non-hydrogen) atoms. The van der Waals surface area contributed by atoms with Crippen LogP contribution in [-0.4, -0.2) is 37.3 Å². The lowest BCUT2D eigenvalue weighted by Crippen LogP contribution is -2.15. The largest absolute Gasteiger partial charge is 0.464 e. The average Bonchev–Trinajstić information content (AvgIpc) is 2.93. The molecule has 0 aliphatic carbocycles. The highest BCUT2D eigenvalue weighted by Crippen LogP contribution is 2.18. The number of nitrogens with one attached hydrogen (secondary N) is 1. The van der Waals surface area contributed by atoms with Crippen molar-refractivity contribution in [2.45, 2.75) is 25.4 Å². The van der Waals surface area contributed by atoms with Crippen LogP contribution in [0.1, 0.15) is 29.8 Å². The van der Waals surface area contributed by atoms with Crippen LogP contribution in [0.5, 0.6) is 0 Å². The molecular weight excluding hydrogens is 246 g/mol. The highest BCUT2D eigenvalue weighted by atomic mass is 16.5. The zero-order valence-corrected chi connectivity index (χ0v) is 11.0. The Morgan fingerprint density at radius 1 is 1.63 bits per heavy atom. The van der Waals surface area contributed by atoms with Crippen molar-refractivity contribution in [2.75, 3.05) is 31.3 Å². The number of rotatable bonds is 5. The molecule has 2 heterocycles. The van der Waals surface area contributed by atoms with Crippen molar-refractivity contribution in [2.24, 2.45) is 0 Å². The highest BCUT2D eigenvalue weighted by Gasteiger charge is 2.15. The Bertz CT molecular complexity index is 445. The molecule has 1 aromatic heterocycles. The third-order valence-electron chi connectivity index (χ3n) is 3.10. The van der Waals surface area contributed by atoms with Gasteiger partial charge in [0.05, 0.1) is 18.9 Å². The standard InChI is InChI=1S/C13H19N3O3/c1-18-13(17)11-5-4-10(14)12(16-11)15-7-6-9-3-2-8-19-9/h4-5,9H,2-3,6-8,14H2,1H3,(H,15,16). The summed E-state index contributed by atoms with van der Waals surface area (Å²) < 4.78 is 10.2. The Labute approximate surface area is 112 Å². The van der Waals surface area contributed by atoms with E-state index in [0.29, 0.717) is 24.2 Å². The molecule has 2 rings (SSSR count). The fourth-order valence-corrected chi connectivity index (χ4v) is 2.05. The van der Waals surface area contributed by atoms with Crippen molar-refractivity contribution in [1.82, 2.24) is 4.98 Å². The van der Waals surface area contributed by atoms with Crippen LogP contribution in [0, 0.1) is 0 Å². The van der Waals surface area contributed by atoms with E-state index < -0.39 is 5.97 Å². The van der Waals surface area contributed by atoms with E-state index >= 15 is 0 Å². The number of carbonyl (C=O) groups excluding carboxylic acids is 1. The molecule has 0 radical (unpaired) electrons. The lowest BCUT2D eigenvalue weighted by Gasteiger charge is -2.12. The molecule has 0 bridgehead atoms. The number of nitrogens with two attached hydrogens (primary N) is 1. The summed E-state index contributed by atoms with van der Waals surface area (Å²) in [5, 5.41) is 3.14. The van der Waals surface area contributed by atoms with Gasteiger partial charge in [-0.05, 0) is 31.4 Å². The summed E-state index contributed by atoms with van der Waals surface area (Å²) >= 11 is 0. The van der Waals surface area contributed by atoms with Gasteiger partial charge in [0.15, 0.2) is 5.69 Å². The molecule has 104 valence electrons. The van der Waals surface area contributed by atoms with E-state index in [1.54, 1.807) is 12.1 Å². The van der Waals surface area contributed by atoms with Crippen molar-refractivity contribution in [3.63, 3.8) is 0 Å². The number of hydrogen-bond acceptors (Lipinski definition) is 6. The van der Waals surface area contributed by atoms with Gasteiger partial charge in [0.2, 0.25) is 0 Å². The summed E-state index contributed by atoms with van der Waals surface area (Å²) in [5.41, 5.74) is 6.58. The summed E-state index contributed by atoms with van der Waals surface area (Å²) in [7, 11) is 1.32. The van der Waals surface area contributed by atoms with E-state index in [2.05, 4.69) is 15.0 Å². The Hall–Kier alpha value is -1.82. The number of methoxy groups -OCH3 is 1. The monoisotopic (exact) mass is 265 g/mol. The van der Waals surface area contributed by atoms with Gasteiger partial charge in [-0.25, -0.2) is 9.78 Å². The van der Waals surface area contributed by atoms with Crippen molar-refractivity contribution in [3.05, 3.63) is 17.8 Å². The second kappa shape index (κ2) is 6.38. The Balaban J connectivity index is 1.92. The molecule has 1 aliphatic heterocycles. The van der Waals surface area contributed by atoms with Crippen molar-refractivity contribution >= 4 is 17.5 Å². The van der Waals surface area contributed by atoms with Crippen LogP contribution < -0.4 is 11.1 Å². The minimum absolute atomic E-state index is 0.247. The molecule has 1 aromatic rings. The predicted molar refractivity (Wildman–Crippen MR) is 72.1 cm³/mol. The lowest BCUT2D eigenvalue weighted by molar-refractivity contribution is 0.0594. The Morgan fingerprint density at radius 3 is 3.16 bits per heavy atom. The van der Waals surface area contributed by atoms with E-state index in [0.717, 1.165) is 25.9 Å². The summed E-state index contributed by atoms with van der Waals surface area (Å²) in [6.45, 7) is 1.56. The van der Waals surface area contributed by atoms with Gasteiger partial charge in [0, 0.05) is 13.2 Å². The first-order valence-corrected chi connectivity index (χ1v) is 6.41. The predicted octanol–water partition coefficient (Wildman–Crippen LogP) is 1.43. The van der Waals surface area contributed by atoms with Gasteiger partial charge >= 0.3 is 5.97 Å². The van der Waals surface area contributed by atoms with Crippen LogP contribution in [0.15, 0.2) is 12.1 Å². The fraction of sp³-hybridized carbons (Fsp3) is 0.538. The van der Waals surface area contributed by atoms with Crippen LogP contribution in [0.25, 0.3) is 0 Å². The maximum Gasteiger partial charge on any atom is 0.356 e. The summed E-state index contributed by atoms with van der Waals surface area (Å²) in [6, 6.07) is 3.19. The van der Waals surface area contributed by atoms with Crippen LogP contribution in [0.2, 0.25) is 0 Å². The first-order chi connectivity index (χ1) is 9.20. The molecule has 0 aromatic carbocycles. The quantitative estimate of drug-likeness (QED) is 0.783. The van der Waals surface area contributed by atoms with E-state index in [9.17, 15) is 4.79 Å². The van der Waals surface area contributed by atoms with Gasteiger partial charge in [0.25, 0.3) is 0 Å². The van der Waals surface area contributed by atoms with E-state index in [1.165, 1.54) is 7.11 Å². The van der Waals surface area contributed by atoms with Crippen molar-refractivity contribution in [1.29, 1.82) is 0 Å². The molecule has 1 unspecified atom stereocenters. The van der Waals surface area contributed by atoms with E-state index in [4.69, 9.17) is 10.5 Å². The average molecular weight is 265 g/mol. The number of aromatic nitrogens is 1. The molecule has 3 N–H and O–H groups in total. The van der Waals surface area contributed by atoms with E-state index in [1.807, 2.05) is 0 Å². The topological polar surface area (TPSA) is 86.5 Å². The van der Waals surface area contributed by atoms with Gasteiger partial charge in [-0.1, -0.05) is 0 Å². The number of esters is 1. The second-order valence-corrected chi connectivity index (χ2v) is 4.48. The third-order valence-corrected chi connectivity index (χ3v) is 3.10. The minimum atomic E-state index is -0.470. The van der Waals surface area contributed by atoms with E-state index in [-0.39, 0.29) is 5.69 Å². The number of hydrogen-bond donors (Lipinski definition) is 2. The van der Waals surface area contributed by atoms with Crippen molar-refractivity contribution in [3.8, 4) is 0 Å². The molecule has 1 saturated heterocycles. The molecule has 1 aliphatic rings. The zero-order chi connectivity index (χ0) is 13.7. The molecule has 6 heteroatoms. The Morgan fingerprint density at radius 2 is 2.47 bits per heavy atom. The highest BCUT2D eigenvalue weighted by molar-refractivity contribution is 5.88. The summed E-state index contributed by atoms with van der Waals surface area (Å²) in [4.78, 5) is 15.5. The molecule has 1 atom stereocenters. The van der Waals surface area contributed by atoms with Gasteiger partial charge in [-0.3, -0.25) is 0 Å². The maximum absolute atomic E-state index is 11.4. The van der Waals surface area contributed by atoms with Crippen molar-refractivity contribution < 1.29 is 14.3 Å². The maximum atomic E-state index is 11.4. The number of carbonyl (C=O) groups is 1. The first kappa shape index (κ1) is 13.6. The minimum Gasteiger partial charge on any atom is -0.464 e. The van der Waals surface area contributed by atoms with Gasteiger partial charge in [0.1, 0.15) is 5.82 Å². The molecule has 6 nitrogen and oxygen atoms in total. The molecular formula is C13H19N3O3. The van der Waals surface area contributed by atoms with Gasteiger partial charge in [-0.2, -0.15) is 0 Å². The lowest BCUT2D eigenvalue weighted by atomic mass is 10.2.